The Labute approximate surface area is 195 Å². The largest absolute Gasteiger partial charge is 0.492 e. The number of nitrogens with one attached hydrogen (secondary N) is 3. The second-order valence-electron chi connectivity index (χ2n) is 9.40. The number of rotatable bonds is 6. The van der Waals surface area contributed by atoms with Crippen molar-refractivity contribution in [3.8, 4) is 17.0 Å². The maximum absolute atomic E-state index is 14.8. The first-order chi connectivity index (χ1) is 16.3. The number of para-hydroxylation sites is 1. The lowest BCUT2D eigenvalue weighted by molar-refractivity contribution is -0.172. The number of hydrogen-bond donors (Lipinski definition) is 3. The summed E-state index contributed by atoms with van der Waals surface area (Å²) in [7, 11) is 1.36. The normalized spacial score (nSPS) is 20.8. The Bertz CT molecular complexity index is 1260. The molecule has 3 aromatic rings. The number of nitrogens with zero attached hydrogens (tertiary/aromatic N) is 1. The molecule has 9 heteroatoms. The maximum atomic E-state index is 14.8. The van der Waals surface area contributed by atoms with Crippen LogP contribution >= 0.6 is 0 Å². The van der Waals surface area contributed by atoms with E-state index in [0.717, 1.165) is 6.20 Å². The highest BCUT2D eigenvalue weighted by Gasteiger charge is 2.43. The van der Waals surface area contributed by atoms with Crippen LogP contribution in [-0.4, -0.2) is 42.2 Å². The number of fused-ring (bicyclic) bond motifs is 1. The van der Waals surface area contributed by atoms with Crippen molar-refractivity contribution >= 4 is 17.3 Å². The number of anilines is 2. The van der Waals surface area contributed by atoms with Gasteiger partial charge >= 0.3 is 0 Å². The van der Waals surface area contributed by atoms with E-state index in [9.17, 15) is 13.6 Å². The smallest absolute Gasteiger partial charge is 0.255 e. The SMILES string of the molecule is COc1c(F)cccc1Nc1c(-c2ccncc2F)[nH]c2c1C(=O)NCC2CC1OCC1(C)C. The van der Waals surface area contributed by atoms with Crippen LogP contribution in [0.2, 0.25) is 0 Å². The number of aromatic nitrogens is 2. The summed E-state index contributed by atoms with van der Waals surface area (Å²) in [5.41, 5.74) is 2.40. The van der Waals surface area contributed by atoms with Crippen LogP contribution in [0.1, 0.15) is 42.2 Å². The maximum Gasteiger partial charge on any atom is 0.255 e. The minimum atomic E-state index is -0.555. The van der Waals surface area contributed by atoms with Crippen LogP contribution in [-0.2, 0) is 4.74 Å². The van der Waals surface area contributed by atoms with Gasteiger partial charge in [-0.05, 0) is 24.6 Å². The number of carbonyl (C=O) groups excluding carboxylic acids is 1. The Morgan fingerprint density at radius 1 is 1.26 bits per heavy atom. The molecular weight excluding hydrogens is 442 g/mol. The molecule has 2 aliphatic heterocycles. The molecule has 2 atom stereocenters. The van der Waals surface area contributed by atoms with Crippen molar-refractivity contribution < 1.29 is 23.0 Å². The fourth-order valence-corrected chi connectivity index (χ4v) is 4.70. The van der Waals surface area contributed by atoms with Crippen molar-refractivity contribution in [2.24, 2.45) is 5.41 Å². The first-order valence-electron chi connectivity index (χ1n) is 11.1. The van der Waals surface area contributed by atoms with Gasteiger partial charge < -0.3 is 25.1 Å². The van der Waals surface area contributed by atoms with Gasteiger partial charge in [-0.1, -0.05) is 19.9 Å². The number of ether oxygens (including phenoxy) is 2. The molecule has 2 unspecified atom stereocenters. The number of halogens is 2. The highest BCUT2D eigenvalue weighted by atomic mass is 19.1. The van der Waals surface area contributed by atoms with E-state index in [0.29, 0.717) is 47.9 Å². The summed E-state index contributed by atoms with van der Waals surface area (Å²) in [5.74, 6) is -1.47. The van der Waals surface area contributed by atoms with Gasteiger partial charge in [0.05, 0.1) is 48.6 Å². The summed E-state index contributed by atoms with van der Waals surface area (Å²) < 4.78 is 40.2. The lowest BCUT2D eigenvalue weighted by Crippen LogP contribution is -2.49. The number of carbonyl (C=O) groups is 1. The molecule has 1 fully saturated rings. The average Bonchev–Trinajstić information content (AvgIpc) is 3.18. The van der Waals surface area contributed by atoms with Gasteiger partial charge in [-0.15, -0.1) is 0 Å². The van der Waals surface area contributed by atoms with E-state index < -0.39 is 11.6 Å². The summed E-state index contributed by atoms with van der Waals surface area (Å²) >= 11 is 0. The van der Waals surface area contributed by atoms with Crippen LogP contribution in [0.15, 0.2) is 36.7 Å². The highest BCUT2D eigenvalue weighted by Crippen LogP contribution is 2.45. The summed E-state index contributed by atoms with van der Waals surface area (Å²) in [4.78, 5) is 20.2. The first kappa shape index (κ1) is 22.3. The van der Waals surface area contributed by atoms with Crippen LogP contribution in [0, 0.1) is 17.0 Å². The predicted octanol–water partition coefficient (Wildman–Crippen LogP) is 4.75. The molecule has 0 spiro atoms. The highest BCUT2D eigenvalue weighted by molar-refractivity contribution is 6.06. The Balaban J connectivity index is 1.65. The molecule has 178 valence electrons. The fourth-order valence-electron chi connectivity index (χ4n) is 4.70. The molecule has 3 N–H and O–H groups in total. The van der Waals surface area contributed by atoms with Crippen LogP contribution in [0.25, 0.3) is 11.3 Å². The Kier molecular flexibility index (Phi) is 5.51. The van der Waals surface area contributed by atoms with Gasteiger partial charge in [-0.2, -0.15) is 0 Å². The molecule has 0 bridgehead atoms. The van der Waals surface area contributed by atoms with E-state index in [1.54, 1.807) is 6.07 Å². The van der Waals surface area contributed by atoms with Crippen molar-refractivity contribution in [3.63, 3.8) is 0 Å². The zero-order chi connectivity index (χ0) is 24.0. The second kappa shape index (κ2) is 8.39. The number of pyridine rings is 1. The Morgan fingerprint density at radius 2 is 2.09 bits per heavy atom. The summed E-state index contributed by atoms with van der Waals surface area (Å²) in [5, 5.41) is 6.09. The third kappa shape index (κ3) is 3.69. The second-order valence-corrected chi connectivity index (χ2v) is 9.40. The summed E-state index contributed by atoms with van der Waals surface area (Å²) in [6.07, 6.45) is 3.34. The lowest BCUT2D eigenvalue weighted by Gasteiger charge is -2.46. The number of aromatic amines is 1. The van der Waals surface area contributed by atoms with Crippen molar-refractivity contribution in [3.05, 3.63) is 59.6 Å². The van der Waals surface area contributed by atoms with Crippen LogP contribution in [0.3, 0.4) is 0 Å². The third-order valence-electron chi connectivity index (χ3n) is 6.67. The Morgan fingerprint density at radius 3 is 2.76 bits per heavy atom. The van der Waals surface area contributed by atoms with E-state index in [1.807, 2.05) is 0 Å². The van der Waals surface area contributed by atoms with Gasteiger partial charge in [0.2, 0.25) is 0 Å². The number of hydrogen-bond acceptors (Lipinski definition) is 5. The van der Waals surface area contributed by atoms with Gasteiger partial charge in [0.1, 0.15) is 0 Å². The molecule has 7 nitrogen and oxygen atoms in total. The first-order valence-corrected chi connectivity index (χ1v) is 11.1. The number of H-pyrrole nitrogens is 1. The van der Waals surface area contributed by atoms with Crippen molar-refractivity contribution in [2.75, 3.05) is 25.6 Å². The van der Waals surface area contributed by atoms with E-state index in [2.05, 4.69) is 34.4 Å². The zero-order valence-electron chi connectivity index (χ0n) is 19.2. The van der Waals surface area contributed by atoms with Gasteiger partial charge in [0.25, 0.3) is 5.91 Å². The molecular formula is C25H26F2N4O3. The third-order valence-corrected chi connectivity index (χ3v) is 6.67. The van der Waals surface area contributed by atoms with Crippen LogP contribution < -0.4 is 15.4 Å². The Hall–Kier alpha value is -3.46. The lowest BCUT2D eigenvalue weighted by atomic mass is 9.76. The molecule has 2 aliphatic rings. The van der Waals surface area contributed by atoms with E-state index in [1.165, 1.54) is 31.5 Å². The zero-order valence-corrected chi connectivity index (χ0v) is 19.2. The number of methoxy groups -OCH3 is 1. The molecule has 5 rings (SSSR count). The standard InChI is InChI=1S/C25H26F2N4O3/c1-25(2)12-34-18(25)9-13-10-29-24(32)19-20(13)31-21(14-7-8-28-11-16(14)27)22(19)30-17-6-4-5-15(26)23(17)33-3/h4-8,11,13,18,30-31H,9-10,12H2,1-3H3,(H,29,32). The van der Waals surface area contributed by atoms with Crippen LogP contribution in [0.5, 0.6) is 5.75 Å². The fraction of sp³-hybridized carbons (Fsp3) is 0.360. The minimum absolute atomic E-state index is 0.00372. The summed E-state index contributed by atoms with van der Waals surface area (Å²) in [6.45, 7) is 5.43. The summed E-state index contributed by atoms with van der Waals surface area (Å²) in [6, 6.07) is 5.98. The van der Waals surface area contributed by atoms with Gasteiger partial charge in [0, 0.05) is 35.3 Å². The predicted molar refractivity (Wildman–Crippen MR) is 123 cm³/mol. The molecule has 2 aromatic heterocycles. The topological polar surface area (TPSA) is 88.3 Å². The van der Waals surface area contributed by atoms with Crippen molar-refractivity contribution in [1.82, 2.24) is 15.3 Å². The molecule has 1 saturated heterocycles. The molecule has 34 heavy (non-hydrogen) atoms. The number of benzene rings is 1. The van der Waals surface area contributed by atoms with Crippen LogP contribution in [0.4, 0.5) is 20.2 Å². The van der Waals surface area contributed by atoms with E-state index in [4.69, 9.17) is 9.47 Å². The minimum Gasteiger partial charge on any atom is -0.492 e. The molecule has 1 amide bonds. The number of amides is 1. The van der Waals surface area contributed by atoms with Crippen molar-refractivity contribution in [1.29, 1.82) is 0 Å². The molecule has 0 radical (unpaired) electrons. The van der Waals surface area contributed by atoms with Gasteiger partial charge in [-0.3, -0.25) is 9.78 Å². The molecule has 4 heterocycles. The van der Waals surface area contributed by atoms with Gasteiger partial charge in [0.15, 0.2) is 17.4 Å². The quantitative estimate of drug-likeness (QED) is 0.486. The molecule has 0 saturated carbocycles. The van der Waals surface area contributed by atoms with E-state index >= 15 is 0 Å². The van der Waals surface area contributed by atoms with E-state index in [-0.39, 0.29) is 34.7 Å². The average molecular weight is 469 g/mol. The molecule has 1 aromatic carbocycles. The molecule has 0 aliphatic carbocycles. The van der Waals surface area contributed by atoms with Crippen molar-refractivity contribution in [2.45, 2.75) is 32.3 Å². The monoisotopic (exact) mass is 468 g/mol. The van der Waals surface area contributed by atoms with Gasteiger partial charge in [-0.25, -0.2) is 8.78 Å².